The highest BCUT2D eigenvalue weighted by Gasteiger charge is 2.04. The number of hydrogen-bond acceptors (Lipinski definition) is 3. The molecule has 14 heavy (non-hydrogen) atoms. The molecule has 2 aromatic heterocycles. The van der Waals surface area contributed by atoms with Crippen molar-refractivity contribution < 1.29 is 0 Å². The van der Waals surface area contributed by atoms with Crippen molar-refractivity contribution in [2.75, 3.05) is 0 Å². The molecule has 0 bridgehead atoms. The van der Waals surface area contributed by atoms with Gasteiger partial charge in [-0.25, -0.2) is 10.2 Å². The highest BCUT2D eigenvalue weighted by molar-refractivity contribution is 6.53. The van der Waals surface area contributed by atoms with E-state index < -0.39 is 7.12 Å². The largest absolute Gasteiger partial charge is 0.466 e. The van der Waals surface area contributed by atoms with Crippen LogP contribution in [0.15, 0.2) is 41.8 Å². The highest BCUT2D eigenvalue weighted by Crippen LogP contribution is 1.94. The molecule has 0 amide bonds. The van der Waals surface area contributed by atoms with E-state index >= 15 is 0 Å². The lowest BCUT2D eigenvalue weighted by atomic mass is 9.97. The van der Waals surface area contributed by atoms with E-state index in [-0.39, 0.29) is 0 Å². The lowest BCUT2D eigenvalue weighted by molar-refractivity contribution is 0.848. The lowest BCUT2D eigenvalue weighted by Gasteiger charge is -2.21. The average molecular weight is 188 g/mol. The molecule has 72 valence electrons. The van der Waals surface area contributed by atoms with Gasteiger partial charge in [-0.1, -0.05) is 0 Å². The molecule has 0 atom stereocenters. The minimum absolute atomic E-state index is 1.09. The van der Waals surface area contributed by atoms with E-state index in [1.165, 1.54) is 0 Å². The Morgan fingerprint density at radius 1 is 1.14 bits per heavy atom. The first-order chi connectivity index (χ1) is 6.92. The van der Waals surface area contributed by atoms with E-state index in [9.17, 15) is 0 Å². The molecule has 0 unspecified atom stereocenters. The molecule has 2 heterocycles. The molecule has 0 saturated heterocycles. The summed E-state index contributed by atoms with van der Waals surface area (Å²) >= 11 is 0. The fraction of sp³-hybridized carbons (Fsp3) is 0.125. The Labute approximate surface area is 82.2 Å². The number of aromatic nitrogens is 4. The third-order valence-electron chi connectivity index (χ3n) is 2.04. The minimum Gasteiger partial charge on any atom is -0.466 e. The van der Waals surface area contributed by atoms with E-state index in [2.05, 4.69) is 15.1 Å². The van der Waals surface area contributed by atoms with Gasteiger partial charge >= 0.3 is 7.12 Å². The third kappa shape index (κ3) is 1.59. The molecule has 0 saturated carbocycles. The fourth-order valence-corrected chi connectivity index (χ4v) is 1.41. The van der Waals surface area contributed by atoms with Gasteiger partial charge in [-0.05, 0) is 37.7 Å². The number of nitrogens with zero attached hydrogens (tertiary/aromatic N) is 5. The van der Waals surface area contributed by atoms with Gasteiger partial charge in [0.2, 0.25) is 0 Å². The van der Waals surface area contributed by atoms with Gasteiger partial charge in [0, 0.05) is 12.4 Å². The molecule has 0 aliphatic rings. The smallest absolute Gasteiger partial charge is 0.320 e. The fourth-order valence-electron chi connectivity index (χ4n) is 1.41. The Morgan fingerprint density at radius 3 is 2.07 bits per heavy atom. The molecule has 5 nitrogen and oxygen atoms in total. The predicted molar refractivity (Wildman–Crippen MR) is 56.6 cm³/mol. The van der Waals surface area contributed by atoms with Crippen LogP contribution in [-0.2, 0) is 0 Å². The van der Waals surface area contributed by atoms with Gasteiger partial charge in [0.1, 0.15) is 0 Å². The van der Waals surface area contributed by atoms with E-state index in [1.807, 2.05) is 40.6 Å². The summed E-state index contributed by atoms with van der Waals surface area (Å²) in [5.74, 6) is 0. The Morgan fingerprint density at radius 2 is 1.71 bits per heavy atom. The summed E-state index contributed by atoms with van der Waals surface area (Å²) in [7, 11) is -1.09. The van der Waals surface area contributed by atoms with Crippen LogP contribution in [0.25, 0.3) is 0 Å². The van der Waals surface area contributed by atoms with Gasteiger partial charge < -0.3 is 14.1 Å². The summed E-state index contributed by atoms with van der Waals surface area (Å²) in [6.45, 7) is 1.90. The maximum Gasteiger partial charge on any atom is 0.320 e. The monoisotopic (exact) mass is 188 g/mol. The van der Waals surface area contributed by atoms with Gasteiger partial charge in [0.25, 0.3) is 0 Å². The van der Waals surface area contributed by atoms with Crippen molar-refractivity contribution in [2.45, 2.75) is 6.92 Å². The second kappa shape index (κ2) is 3.91. The molecule has 0 aliphatic heterocycles. The Balaban J connectivity index is 2.34. The zero-order valence-electron chi connectivity index (χ0n) is 7.98. The van der Waals surface area contributed by atoms with Crippen molar-refractivity contribution in [3.05, 3.63) is 36.9 Å². The molecule has 6 heteroatoms. The summed E-state index contributed by atoms with van der Waals surface area (Å²) in [6, 6.07) is 3.77. The van der Waals surface area contributed by atoms with Crippen molar-refractivity contribution >= 4 is 13.3 Å². The molecule has 0 fully saturated rings. The summed E-state index contributed by atoms with van der Waals surface area (Å²) < 4.78 is 3.65. The molecule has 2 aromatic rings. The van der Waals surface area contributed by atoms with Crippen LogP contribution in [0, 0.1) is 0 Å². The van der Waals surface area contributed by atoms with E-state index in [1.54, 1.807) is 18.6 Å². The van der Waals surface area contributed by atoms with Gasteiger partial charge in [-0.2, -0.15) is 0 Å². The summed E-state index contributed by atoms with van der Waals surface area (Å²) in [5.41, 5.74) is 0. The van der Waals surface area contributed by atoms with E-state index in [0.29, 0.717) is 0 Å². The first kappa shape index (κ1) is 8.74. The molecule has 0 aromatic carbocycles. The van der Waals surface area contributed by atoms with Crippen molar-refractivity contribution in [3.8, 4) is 0 Å². The average Bonchev–Trinajstić information content (AvgIpc) is 2.87. The quantitative estimate of drug-likeness (QED) is 0.513. The van der Waals surface area contributed by atoms with Crippen molar-refractivity contribution in [3.63, 3.8) is 0 Å². The highest BCUT2D eigenvalue weighted by atomic mass is 15.4. The zero-order valence-corrected chi connectivity index (χ0v) is 7.98. The summed E-state index contributed by atoms with van der Waals surface area (Å²) in [6.07, 6.45) is 9.07. The molecule has 0 radical (unpaired) electrons. The Kier molecular flexibility index (Phi) is 2.44. The van der Waals surface area contributed by atoms with Crippen LogP contribution in [0.1, 0.15) is 6.92 Å². The molecule has 2 rings (SSSR count). The standard InChI is InChI=1S/C8H11BN5/c1-2-10-9(13-7-3-5-11-13)14-8-4-6-12-14/h2-9H,1H3/q-1/b10-2+. The van der Waals surface area contributed by atoms with Crippen LogP contribution in [0.2, 0.25) is 0 Å². The Bertz CT molecular complexity index is 357. The maximum atomic E-state index is 4.37. The lowest BCUT2D eigenvalue weighted by Crippen LogP contribution is -2.33. The number of rotatable bonds is 3. The topological polar surface area (TPSA) is 48.0 Å². The van der Waals surface area contributed by atoms with Gasteiger partial charge in [-0.15, -0.1) is 0 Å². The van der Waals surface area contributed by atoms with Crippen LogP contribution in [-0.4, -0.2) is 32.7 Å². The normalized spacial score (nSPS) is 11.6. The minimum atomic E-state index is -1.09. The van der Waals surface area contributed by atoms with Gasteiger partial charge in [-0.3, -0.25) is 0 Å². The second-order valence-electron chi connectivity index (χ2n) is 2.96. The molecule has 0 aliphatic carbocycles. The first-order valence-electron chi connectivity index (χ1n) is 4.55. The van der Waals surface area contributed by atoms with Crippen molar-refractivity contribution in [1.82, 2.24) is 19.4 Å². The SMILES string of the molecule is C/C=N/[BH-](n1cccn1)n1cccn1. The molecule has 0 spiro atoms. The van der Waals surface area contributed by atoms with Crippen LogP contribution in [0.5, 0.6) is 0 Å². The zero-order chi connectivity index (χ0) is 9.80. The predicted octanol–water partition coefficient (Wildman–Crippen LogP) is 0.284. The van der Waals surface area contributed by atoms with Gasteiger partial charge in [0.05, 0.1) is 0 Å². The van der Waals surface area contributed by atoms with Crippen LogP contribution in [0.3, 0.4) is 0 Å². The van der Waals surface area contributed by atoms with E-state index in [4.69, 9.17) is 0 Å². The maximum absolute atomic E-state index is 4.37. The van der Waals surface area contributed by atoms with E-state index in [0.717, 1.165) is 0 Å². The first-order valence-corrected chi connectivity index (χ1v) is 4.55. The van der Waals surface area contributed by atoms with Crippen molar-refractivity contribution in [2.24, 2.45) is 4.90 Å². The van der Waals surface area contributed by atoms with Crippen molar-refractivity contribution in [1.29, 1.82) is 0 Å². The second-order valence-corrected chi connectivity index (χ2v) is 2.96. The number of hydrogen-bond donors (Lipinski definition) is 0. The summed E-state index contributed by atoms with van der Waals surface area (Å²) in [5, 5.41) is 8.34. The molecular formula is C8H11BN5-. The van der Waals surface area contributed by atoms with Crippen LogP contribution >= 0.6 is 0 Å². The van der Waals surface area contributed by atoms with Gasteiger partial charge in [0.15, 0.2) is 0 Å². The Hall–Kier alpha value is -1.85. The molecular weight excluding hydrogens is 177 g/mol. The summed E-state index contributed by atoms with van der Waals surface area (Å²) in [4.78, 5) is 4.37. The molecule has 0 N–H and O–H groups in total. The van der Waals surface area contributed by atoms with Crippen LogP contribution < -0.4 is 0 Å². The third-order valence-corrected chi connectivity index (χ3v) is 2.04. The van der Waals surface area contributed by atoms with Crippen LogP contribution in [0.4, 0.5) is 0 Å².